The zero-order valence-electron chi connectivity index (χ0n) is 16.2. The number of amides is 2. The number of carbonyl (C=O) groups is 2. The highest BCUT2D eigenvalue weighted by molar-refractivity contribution is 9.10. The Bertz CT molecular complexity index is 944. The Labute approximate surface area is 176 Å². The number of hydrogen-bond acceptors (Lipinski definition) is 6. The van der Waals surface area contributed by atoms with Crippen LogP contribution in [-0.4, -0.2) is 44.8 Å². The second kappa shape index (κ2) is 9.00. The fourth-order valence-electron chi connectivity index (χ4n) is 3.12. The Morgan fingerprint density at radius 3 is 2.45 bits per heavy atom. The Morgan fingerprint density at radius 2 is 1.83 bits per heavy atom. The standard InChI is InChI=1S/C21H20BrNO6/c1-26-17-11-15(22)14(19(27-2)20(17)28-3)9-10-18(24)23-16(12-29-21(23)25)13-7-5-4-6-8-13/h4-11,16H,12H2,1-3H3/b10-9+/t16-/m1/s1. The molecule has 0 saturated carbocycles. The number of nitrogens with zero attached hydrogens (tertiary/aromatic N) is 1. The third-order valence-corrected chi connectivity index (χ3v) is 5.16. The summed E-state index contributed by atoms with van der Waals surface area (Å²) in [5, 5.41) is 0. The van der Waals surface area contributed by atoms with Crippen LogP contribution in [0.2, 0.25) is 0 Å². The summed E-state index contributed by atoms with van der Waals surface area (Å²) in [6.45, 7) is 0.117. The largest absolute Gasteiger partial charge is 0.493 e. The van der Waals surface area contributed by atoms with Gasteiger partial charge in [0.15, 0.2) is 11.5 Å². The van der Waals surface area contributed by atoms with Crippen molar-refractivity contribution in [1.29, 1.82) is 0 Å². The van der Waals surface area contributed by atoms with Crippen molar-refractivity contribution in [2.24, 2.45) is 0 Å². The van der Waals surface area contributed by atoms with Gasteiger partial charge < -0.3 is 18.9 Å². The molecule has 0 N–H and O–H groups in total. The summed E-state index contributed by atoms with van der Waals surface area (Å²) in [6, 6.07) is 10.5. The minimum atomic E-state index is -0.674. The molecule has 1 aliphatic heterocycles. The second-order valence-corrected chi connectivity index (χ2v) is 6.94. The monoisotopic (exact) mass is 461 g/mol. The summed E-state index contributed by atoms with van der Waals surface area (Å²) in [7, 11) is 4.51. The SMILES string of the molecule is COc1cc(Br)c(/C=C/C(=O)N2C(=O)OC[C@@H]2c2ccccc2)c(OC)c1OC. The number of hydrogen-bond donors (Lipinski definition) is 0. The number of rotatable bonds is 6. The van der Waals surface area contributed by atoms with Crippen LogP contribution in [-0.2, 0) is 9.53 Å². The summed E-state index contributed by atoms with van der Waals surface area (Å²) in [5.74, 6) is 0.775. The van der Waals surface area contributed by atoms with Crippen LogP contribution < -0.4 is 14.2 Å². The topological polar surface area (TPSA) is 74.3 Å². The van der Waals surface area contributed by atoms with Crippen molar-refractivity contribution in [1.82, 2.24) is 4.90 Å². The highest BCUT2D eigenvalue weighted by Gasteiger charge is 2.37. The highest BCUT2D eigenvalue weighted by atomic mass is 79.9. The molecule has 1 saturated heterocycles. The maximum absolute atomic E-state index is 12.8. The second-order valence-electron chi connectivity index (χ2n) is 6.09. The first kappa shape index (κ1) is 20.7. The van der Waals surface area contributed by atoms with Gasteiger partial charge in [-0.2, -0.15) is 0 Å². The number of ether oxygens (including phenoxy) is 4. The van der Waals surface area contributed by atoms with Crippen LogP contribution in [0.1, 0.15) is 17.2 Å². The zero-order chi connectivity index (χ0) is 21.0. The van der Waals surface area contributed by atoms with E-state index in [4.69, 9.17) is 18.9 Å². The van der Waals surface area contributed by atoms with E-state index < -0.39 is 18.0 Å². The first-order valence-corrected chi connectivity index (χ1v) is 9.52. The molecule has 0 aromatic heterocycles. The molecule has 2 aromatic rings. The molecule has 3 rings (SSSR count). The van der Waals surface area contributed by atoms with Crippen LogP contribution in [0.15, 0.2) is 46.9 Å². The minimum Gasteiger partial charge on any atom is -0.493 e. The van der Waals surface area contributed by atoms with Crippen LogP contribution in [0.25, 0.3) is 6.08 Å². The first-order chi connectivity index (χ1) is 14.0. The fourth-order valence-corrected chi connectivity index (χ4v) is 3.64. The lowest BCUT2D eigenvalue weighted by molar-refractivity contribution is -0.124. The molecule has 2 amide bonds. The molecule has 1 heterocycles. The van der Waals surface area contributed by atoms with Crippen LogP contribution >= 0.6 is 15.9 Å². The van der Waals surface area contributed by atoms with E-state index in [0.717, 1.165) is 10.5 Å². The first-order valence-electron chi connectivity index (χ1n) is 8.73. The molecule has 8 heteroatoms. The van der Waals surface area contributed by atoms with Gasteiger partial charge in [-0.05, 0) is 33.6 Å². The molecule has 0 radical (unpaired) electrons. The highest BCUT2D eigenvalue weighted by Crippen LogP contribution is 2.44. The van der Waals surface area contributed by atoms with Crippen LogP contribution in [0.4, 0.5) is 4.79 Å². The van der Waals surface area contributed by atoms with Crippen molar-refractivity contribution in [3.8, 4) is 17.2 Å². The number of methoxy groups -OCH3 is 3. The summed E-state index contributed by atoms with van der Waals surface area (Å²) in [6.07, 6.45) is 2.18. The van der Waals surface area contributed by atoms with Crippen molar-refractivity contribution in [2.75, 3.05) is 27.9 Å². The van der Waals surface area contributed by atoms with E-state index in [1.807, 2.05) is 30.3 Å². The smallest absolute Gasteiger partial charge is 0.417 e. The van der Waals surface area contributed by atoms with E-state index >= 15 is 0 Å². The molecule has 7 nitrogen and oxygen atoms in total. The van der Waals surface area contributed by atoms with Crippen molar-refractivity contribution in [3.63, 3.8) is 0 Å². The quantitative estimate of drug-likeness (QED) is 0.599. The Kier molecular flexibility index (Phi) is 6.43. The molecule has 1 atom stereocenters. The molecule has 152 valence electrons. The van der Waals surface area contributed by atoms with Gasteiger partial charge in [0.1, 0.15) is 12.6 Å². The van der Waals surface area contributed by atoms with Gasteiger partial charge in [0.05, 0.1) is 21.3 Å². The van der Waals surface area contributed by atoms with Crippen molar-refractivity contribution in [2.45, 2.75) is 6.04 Å². The number of benzene rings is 2. The van der Waals surface area contributed by atoms with Gasteiger partial charge in [-0.15, -0.1) is 0 Å². The van der Waals surface area contributed by atoms with Gasteiger partial charge in [0.2, 0.25) is 5.75 Å². The fraction of sp³-hybridized carbons (Fsp3) is 0.238. The zero-order valence-corrected chi connectivity index (χ0v) is 17.8. The molecule has 0 unspecified atom stereocenters. The van der Waals surface area contributed by atoms with E-state index in [0.29, 0.717) is 27.3 Å². The molecule has 0 aliphatic carbocycles. The molecule has 0 bridgehead atoms. The van der Waals surface area contributed by atoms with Gasteiger partial charge in [0, 0.05) is 16.1 Å². The van der Waals surface area contributed by atoms with E-state index in [-0.39, 0.29) is 6.61 Å². The Balaban J connectivity index is 1.93. The average Bonchev–Trinajstić information content (AvgIpc) is 3.13. The molecule has 1 fully saturated rings. The minimum absolute atomic E-state index is 0.117. The summed E-state index contributed by atoms with van der Waals surface area (Å²) < 4.78 is 21.9. The molecular weight excluding hydrogens is 442 g/mol. The van der Waals surface area contributed by atoms with Crippen molar-refractivity contribution < 1.29 is 28.5 Å². The maximum Gasteiger partial charge on any atom is 0.417 e. The van der Waals surface area contributed by atoms with E-state index in [1.165, 1.54) is 27.4 Å². The lowest BCUT2D eigenvalue weighted by atomic mass is 10.1. The molecule has 2 aromatic carbocycles. The Morgan fingerprint density at radius 1 is 1.14 bits per heavy atom. The predicted octanol–water partition coefficient (Wildman–Crippen LogP) is 4.21. The van der Waals surface area contributed by atoms with Crippen LogP contribution in [0.3, 0.4) is 0 Å². The van der Waals surface area contributed by atoms with Gasteiger partial charge in [-0.1, -0.05) is 30.3 Å². The van der Waals surface area contributed by atoms with Crippen molar-refractivity contribution >= 4 is 34.0 Å². The molecule has 0 spiro atoms. The lowest BCUT2D eigenvalue weighted by Gasteiger charge is -2.18. The average molecular weight is 462 g/mol. The molecule has 29 heavy (non-hydrogen) atoms. The lowest BCUT2D eigenvalue weighted by Crippen LogP contribution is -2.32. The van der Waals surface area contributed by atoms with Gasteiger partial charge in [-0.25, -0.2) is 9.69 Å². The number of halogens is 1. The third kappa shape index (κ3) is 4.07. The van der Waals surface area contributed by atoms with Gasteiger partial charge >= 0.3 is 6.09 Å². The Hall–Kier alpha value is -3.00. The number of imide groups is 1. The van der Waals surface area contributed by atoms with Gasteiger partial charge in [0.25, 0.3) is 5.91 Å². The van der Waals surface area contributed by atoms with Gasteiger partial charge in [-0.3, -0.25) is 4.79 Å². The van der Waals surface area contributed by atoms with E-state index in [9.17, 15) is 9.59 Å². The maximum atomic E-state index is 12.8. The molecule has 1 aliphatic rings. The number of cyclic esters (lactones) is 1. The summed E-state index contributed by atoms with van der Waals surface area (Å²) in [5.41, 5.74) is 1.40. The molecular formula is C21H20BrNO6. The third-order valence-electron chi connectivity index (χ3n) is 4.51. The van der Waals surface area contributed by atoms with Crippen LogP contribution in [0.5, 0.6) is 17.2 Å². The van der Waals surface area contributed by atoms with Crippen molar-refractivity contribution in [3.05, 3.63) is 58.1 Å². The van der Waals surface area contributed by atoms with E-state index in [2.05, 4.69) is 15.9 Å². The van der Waals surface area contributed by atoms with Crippen LogP contribution in [0, 0.1) is 0 Å². The summed E-state index contributed by atoms with van der Waals surface area (Å²) in [4.78, 5) is 26.1. The normalized spacial score (nSPS) is 16.1. The predicted molar refractivity (Wildman–Crippen MR) is 110 cm³/mol. The summed E-state index contributed by atoms with van der Waals surface area (Å²) >= 11 is 3.45. The number of carbonyl (C=O) groups excluding carboxylic acids is 2. The van der Waals surface area contributed by atoms with E-state index in [1.54, 1.807) is 12.1 Å².